The maximum Gasteiger partial charge on any atom is 0.257 e. The van der Waals surface area contributed by atoms with Crippen molar-refractivity contribution in [2.45, 2.75) is 32.3 Å². The number of imidazole rings is 1. The highest BCUT2D eigenvalue weighted by Crippen LogP contribution is 2.27. The van der Waals surface area contributed by atoms with Crippen molar-refractivity contribution in [3.63, 3.8) is 0 Å². The molecule has 140 valence electrons. The van der Waals surface area contributed by atoms with E-state index in [1.54, 1.807) is 18.5 Å². The molecule has 0 saturated carbocycles. The summed E-state index contributed by atoms with van der Waals surface area (Å²) in [4.78, 5) is 22.3. The number of likely N-dealkylation sites (tertiary alicyclic amines) is 1. The summed E-state index contributed by atoms with van der Waals surface area (Å²) in [5.74, 6) is 2.72. The number of benzene rings is 1. The third-order valence-electron chi connectivity index (χ3n) is 5.05. The first kappa shape index (κ1) is 17.4. The molecule has 6 nitrogen and oxygen atoms in total. The van der Waals surface area contributed by atoms with Gasteiger partial charge in [-0.15, -0.1) is 0 Å². The van der Waals surface area contributed by atoms with Gasteiger partial charge < -0.3 is 19.0 Å². The van der Waals surface area contributed by atoms with Crippen molar-refractivity contribution in [2.24, 2.45) is 0 Å². The van der Waals surface area contributed by atoms with Crippen LogP contribution in [0.5, 0.6) is 5.75 Å². The van der Waals surface area contributed by atoms with Gasteiger partial charge in [0.05, 0.1) is 11.8 Å². The lowest BCUT2D eigenvalue weighted by Gasteiger charge is -2.31. The Morgan fingerprint density at radius 2 is 2.04 bits per heavy atom. The average molecular weight is 365 g/mol. The number of aromatic nitrogens is 2. The molecule has 1 aromatic carbocycles. The monoisotopic (exact) mass is 365 g/mol. The summed E-state index contributed by atoms with van der Waals surface area (Å²) in [5.41, 5.74) is 1.76. The molecule has 0 bridgehead atoms. The normalized spacial score (nSPS) is 15.1. The number of furan rings is 1. The number of aromatic amines is 1. The van der Waals surface area contributed by atoms with Crippen LogP contribution in [0.1, 0.15) is 46.3 Å². The number of nitrogens with zero attached hydrogens (tertiary/aromatic N) is 2. The lowest BCUT2D eigenvalue weighted by atomic mass is 9.95. The van der Waals surface area contributed by atoms with Gasteiger partial charge in [0.1, 0.15) is 18.2 Å². The Hall–Kier alpha value is -3.02. The molecule has 4 rings (SSSR count). The Morgan fingerprint density at radius 1 is 1.26 bits per heavy atom. The highest BCUT2D eigenvalue weighted by atomic mass is 16.5. The van der Waals surface area contributed by atoms with Gasteiger partial charge in [0.25, 0.3) is 5.91 Å². The Bertz CT molecular complexity index is 876. The molecule has 0 unspecified atom stereocenters. The number of ether oxygens (including phenoxy) is 1. The Labute approximate surface area is 158 Å². The van der Waals surface area contributed by atoms with Gasteiger partial charge in [-0.25, -0.2) is 4.98 Å². The van der Waals surface area contributed by atoms with Crippen molar-refractivity contribution < 1.29 is 13.9 Å². The molecule has 0 spiro atoms. The molecule has 3 heterocycles. The molecule has 0 radical (unpaired) electrons. The van der Waals surface area contributed by atoms with E-state index < -0.39 is 0 Å². The minimum atomic E-state index is 0.00384. The predicted molar refractivity (Wildman–Crippen MR) is 101 cm³/mol. The topological polar surface area (TPSA) is 71.4 Å². The van der Waals surface area contributed by atoms with Gasteiger partial charge >= 0.3 is 0 Å². The Kier molecular flexibility index (Phi) is 4.96. The number of aryl methyl sites for hydroxylation is 1. The van der Waals surface area contributed by atoms with E-state index in [2.05, 4.69) is 9.97 Å². The molecule has 1 fully saturated rings. The van der Waals surface area contributed by atoms with Crippen LogP contribution >= 0.6 is 0 Å². The molecule has 1 aliphatic rings. The second-order valence-corrected chi connectivity index (χ2v) is 6.90. The molecule has 1 N–H and O–H groups in total. The van der Waals surface area contributed by atoms with E-state index in [4.69, 9.17) is 9.15 Å². The fraction of sp³-hybridized carbons (Fsp3) is 0.333. The molecule has 0 atom stereocenters. The molecular formula is C21H23N3O3. The summed E-state index contributed by atoms with van der Waals surface area (Å²) in [6, 6.07) is 9.55. The van der Waals surface area contributed by atoms with Crippen LogP contribution in [0.4, 0.5) is 0 Å². The number of carbonyl (C=O) groups is 1. The Balaban J connectivity index is 1.37. The molecular weight excluding hydrogens is 342 g/mol. The van der Waals surface area contributed by atoms with Crippen molar-refractivity contribution >= 4 is 5.91 Å². The summed E-state index contributed by atoms with van der Waals surface area (Å²) in [6.07, 6.45) is 6.99. The smallest absolute Gasteiger partial charge is 0.257 e. The molecule has 27 heavy (non-hydrogen) atoms. The van der Waals surface area contributed by atoms with E-state index in [1.807, 2.05) is 42.3 Å². The van der Waals surface area contributed by atoms with Crippen LogP contribution in [-0.2, 0) is 6.61 Å². The zero-order valence-corrected chi connectivity index (χ0v) is 15.4. The van der Waals surface area contributed by atoms with Gasteiger partial charge in [0.15, 0.2) is 5.76 Å². The molecule has 1 aliphatic heterocycles. The lowest BCUT2D eigenvalue weighted by molar-refractivity contribution is 0.0706. The molecule has 1 saturated heterocycles. The van der Waals surface area contributed by atoms with Gasteiger partial charge in [-0.2, -0.15) is 0 Å². The SMILES string of the molecule is Cc1ccc(OCc2occc2C(=O)N2CCC(c3ncc[nH]3)CC2)cc1. The first-order chi connectivity index (χ1) is 13.2. The van der Waals surface area contributed by atoms with Gasteiger partial charge in [0.2, 0.25) is 0 Å². The third-order valence-corrected chi connectivity index (χ3v) is 5.05. The van der Waals surface area contributed by atoms with Gasteiger partial charge in [-0.3, -0.25) is 4.79 Å². The highest BCUT2D eigenvalue weighted by Gasteiger charge is 2.27. The number of amides is 1. The van der Waals surface area contributed by atoms with E-state index in [1.165, 1.54) is 5.56 Å². The Morgan fingerprint density at radius 3 is 2.74 bits per heavy atom. The van der Waals surface area contributed by atoms with Crippen LogP contribution in [0.2, 0.25) is 0 Å². The summed E-state index contributed by atoms with van der Waals surface area (Å²) in [6.45, 7) is 3.70. The average Bonchev–Trinajstić information content (AvgIpc) is 3.39. The van der Waals surface area contributed by atoms with Gasteiger partial charge in [-0.05, 0) is 38.0 Å². The number of H-pyrrole nitrogens is 1. The largest absolute Gasteiger partial charge is 0.486 e. The number of hydrogen-bond donors (Lipinski definition) is 1. The fourth-order valence-electron chi connectivity index (χ4n) is 3.45. The summed E-state index contributed by atoms with van der Waals surface area (Å²) in [5, 5.41) is 0. The quantitative estimate of drug-likeness (QED) is 0.744. The second-order valence-electron chi connectivity index (χ2n) is 6.90. The molecule has 1 amide bonds. The zero-order chi connectivity index (χ0) is 18.6. The highest BCUT2D eigenvalue weighted by molar-refractivity contribution is 5.95. The van der Waals surface area contributed by atoms with E-state index in [-0.39, 0.29) is 12.5 Å². The maximum absolute atomic E-state index is 12.9. The van der Waals surface area contributed by atoms with E-state index >= 15 is 0 Å². The van der Waals surface area contributed by atoms with E-state index in [0.717, 1.165) is 24.4 Å². The minimum Gasteiger partial charge on any atom is -0.486 e. The molecule has 3 aromatic rings. The number of hydrogen-bond acceptors (Lipinski definition) is 4. The molecule has 2 aromatic heterocycles. The number of nitrogens with one attached hydrogen (secondary N) is 1. The van der Waals surface area contributed by atoms with Crippen LogP contribution in [0.15, 0.2) is 53.4 Å². The first-order valence-electron chi connectivity index (χ1n) is 9.25. The van der Waals surface area contributed by atoms with Crippen molar-refractivity contribution in [3.05, 3.63) is 71.7 Å². The molecule has 0 aliphatic carbocycles. The van der Waals surface area contributed by atoms with Crippen LogP contribution in [0, 0.1) is 6.92 Å². The summed E-state index contributed by atoms with van der Waals surface area (Å²) in [7, 11) is 0. The zero-order valence-electron chi connectivity index (χ0n) is 15.4. The second kappa shape index (κ2) is 7.70. The minimum absolute atomic E-state index is 0.00384. The van der Waals surface area contributed by atoms with E-state index in [9.17, 15) is 4.79 Å². The third kappa shape index (κ3) is 3.89. The van der Waals surface area contributed by atoms with Crippen molar-refractivity contribution in [3.8, 4) is 5.75 Å². The summed E-state index contributed by atoms with van der Waals surface area (Å²) >= 11 is 0. The van der Waals surface area contributed by atoms with Crippen LogP contribution in [0.25, 0.3) is 0 Å². The first-order valence-corrected chi connectivity index (χ1v) is 9.25. The molecule has 6 heteroatoms. The van der Waals surface area contributed by atoms with Crippen LogP contribution in [-0.4, -0.2) is 33.9 Å². The van der Waals surface area contributed by atoms with Gasteiger partial charge in [-0.1, -0.05) is 17.7 Å². The fourth-order valence-corrected chi connectivity index (χ4v) is 3.45. The van der Waals surface area contributed by atoms with Crippen molar-refractivity contribution in [2.75, 3.05) is 13.1 Å². The van der Waals surface area contributed by atoms with Crippen LogP contribution in [0.3, 0.4) is 0 Å². The van der Waals surface area contributed by atoms with Crippen molar-refractivity contribution in [1.29, 1.82) is 0 Å². The van der Waals surface area contributed by atoms with Gasteiger partial charge in [0, 0.05) is 31.4 Å². The predicted octanol–water partition coefficient (Wildman–Crippen LogP) is 3.91. The summed E-state index contributed by atoms with van der Waals surface area (Å²) < 4.78 is 11.3. The number of rotatable bonds is 5. The lowest BCUT2D eigenvalue weighted by Crippen LogP contribution is -2.38. The van der Waals surface area contributed by atoms with Crippen LogP contribution < -0.4 is 4.74 Å². The maximum atomic E-state index is 12.9. The number of carbonyl (C=O) groups excluding carboxylic acids is 1. The van der Waals surface area contributed by atoms with E-state index in [0.29, 0.717) is 30.3 Å². The standard InChI is InChI=1S/C21H23N3O3/c1-15-2-4-17(5-3-15)27-14-19-18(8-13-26-19)21(25)24-11-6-16(7-12-24)20-22-9-10-23-20/h2-5,8-10,13,16H,6-7,11-12,14H2,1H3,(H,22,23). The number of piperidine rings is 1. The van der Waals surface area contributed by atoms with Crippen molar-refractivity contribution in [1.82, 2.24) is 14.9 Å².